The quantitative estimate of drug-likeness (QED) is 0.598. The summed E-state index contributed by atoms with van der Waals surface area (Å²) in [7, 11) is 0. The predicted octanol–water partition coefficient (Wildman–Crippen LogP) is 2.51. The van der Waals surface area contributed by atoms with E-state index in [2.05, 4.69) is 10.7 Å². The number of carbonyl (C=O) groups is 1. The van der Waals surface area contributed by atoms with E-state index in [-0.39, 0.29) is 17.8 Å². The third-order valence-corrected chi connectivity index (χ3v) is 2.78. The van der Waals surface area contributed by atoms with Gasteiger partial charge in [0, 0.05) is 12.1 Å². The van der Waals surface area contributed by atoms with E-state index >= 15 is 0 Å². The number of hydrogen-bond acceptors (Lipinski definition) is 4. The third kappa shape index (κ3) is 3.54. The second-order valence-electron chi connectivity index (χ2n) is 4.22. The normalized spacial score (nSPS) is 11.2. The molecule has 8 heteroatoms. The number of nitrogen functional groups attached to an aromatic ring is 1. The molecule has 112 valence electrons. The first-order chi connectivity index (χ1) is 9.91. The van der Waals surface area contributed by atoms with Crippen LogP contribution in [0.4, 0.5) is 18.9 Å². The van der Waals surface area contributed by atoms with Gasteiger partial charge in [-0.3, -0.25) is 10.6 Å². The molecular formula is C13H12F3N3O2. The van der Waals surface area contributed by atoms with Gasteiger partial charge in [-0.2, -0.15) is 13.2 Å². The average molecular weight is 299 g/mol. The molecule has 0 radical (unpaired) electrons. The minimum atomic E-state index is -4.54. The van der Waals surface area contributed by atoms with Gasteiger partial charge in [-0.05, 0) is 24.3 Å². The van der Waals surface area contributed by atoms with Crippen LogP contribution >= 0.6 is 0 Å². The van der Waals surface area contributed by atoms with Gasteiger partial charge in [0.25, 0.3) is 5.91 Å². The first-order valence-electron chi connectivity index (χ1n) is 5.89. The van der Waals surface area contributed by atoms with Crippen molar-refractivity contribution in [1.82, 2.24) is 5.32 Å². The zero-order chi connectivity index (χ0) is 15.5. The number of anilines is 1. The molecule has 1 aromatic heterocycles. The lowest BCUT2D eigenvalue weighted by Crippen LogP contribution is -2.25. The topological polar surface area (TPSA) is 80.3 Å². The number of alkyl halides is 3. The summed E-state index contributed by atoms with van der Waals surface area (Å²) in [5.74, 6) is 4.54. The van der Waals surface area contributed by atoms with Crippen LogP contribution in [0.15, 0.2) is 41.2 Å². The SMILES string of the molecule is NNc1ccc(C(F)(F)F)cc1C(=O)NCc1ccoc1. The standard InChI is InChI=1S/C13H12F3N3O2/c14-13(15,16)9-1-2-11(19-17)10(5-9)12(20)18-6-8-3-4-21-7-8/h1-5,7,19H,6,17H2,(H,18,20). The lowest BCUT2D eigenvalue weighted by atomic mass is 10.1. The molecule has 0 saturated heterocycles. The Bertz CT molecular complexity index is 624. The summed E-state index contributed by atoms with van der Waals surface area (Å²) >= 11 is 0. The maximum absolute atomic E-state index is 12.7. The number of furan rings is 1. The van der Waals surface area contributed by atoms with Gasteiger partial charge in [0.05, 0.1) is 29.3 Å². The molecule has 5 nitrogen and oxygen atoms in total. The van der Waals surface area contributed by atoms with Crippen LogP contribution in [0.25, 0.3) is 0 Å². The van der Waals surface area contributed by atoms with Crippen LogP contribution in [0.2, 0.25) is 0 Å². The highest BCUT2D eigenvalue weighted by atomic mass is 19.4. The molecule has 0 unspecified atom stereocenters. The fourth-order valence-corrected chi connectivity index (χ4v) is 1.71. The molecule has 0 saturated carbocycles. The number of halogens is 3. The van der Waals surface area contributed by atoms with Crippen LogP contribution < -0.4 is 16.6 Å². The van der Waals surface area contributed by atoms with E-state index in [1.165, 1.54) is 12.5 Å². The van der Waals surface area contributed by atoms with Crippen molar-refractivity contribution >= 4 is 11.6 Å². The zero-order valence-electron chi connectivity index (χ0n) is 10.7. The number of amides is 1. The van der Waals surface area contributed by atoms with Crippen LogP contribution in [-0.4, -0.2) is 5.91 Å². The van der Waals surface area contributed by atoms with Gasteiger partial charge in [0.15, 0.2) is 0 Å². The first-order valence-corrected chi connectivity index (χ1v) is 5.89. The largest absolute Gasteiger partial charge is 0.472 e. The molecule has 0 aliphatic carbocycles. The van der Waals surface area contributed by atoms with E-state index in [1.807, 2.05) is 0 Å². The minimum absolute atomic E-state index is 0.104. The summed E-state index contributed by atoms with van der Waals surface area (Å²) in [6.45, 7) is 0.135. The molecule has 2 rings (SSSR count). The van der Waals surface area contributed by atoms with E-state index in [1.54, 1.807) is 6.07 Å². The lowest BCUT2D eigenvalue weighted by molar-refractivity contribution is -0.137. The molecule has 21 heavy (non-hydrogen) atoms. The molecule has 0 bridgehead atoms. The molecular weight excluding hydrogens is 287 g/mol. The summed E-state index contributed by atoms with van der Waals surface area (Å²) in [6, 6.07) is 4.34. The van der Waals surface area contributed by atoms with E-state index in [0.29, 0.717) is 5.56 Å². The van der Waals surface area contributed by atoms with Crippen molar-refractivity contribution in [3.8, 4) is 0 Å². The highest BCUT2D eigenvalue weighted by molar-refractivity contribution is 5.99. The van der Waals surface area contributed by atoms with Gasteiger partial charge in [-0.25, -0.2) is 0 Å². The second-order valence-corrected chi connectivity index (χ2v) is 4.22. The van der Waals surface area contributed by atoms with Crippen molar-refractivity contribution in [2.75, 3.05) is 5.43 Å². The summed E-state index contributed by atoms with van der Waals surface area (Å²) in [6.07, 6.45) is -1.68. The average Bonchev–Trinajstić information content (AvgIpc) is 2.96. The van der Waals surface area contributed by atoms with Gasteiger partial charge in [0.1, 0.15) is 0 Å². The first kappa shape index (κ1) is 14.9. The van der Waals surface area contributed by atoms with Crippen molar-refractivity contribution in [2.24, 2.45) is 5.84 Å². The fourth-order valence-electron chi connectivity index (χ4n) is 1.71. The molecule has 0 aliphatic heterocycles. The van der Waals surface area contributed by atoms with E-state index in [4.69, 9.17) is 10.3 Å². The monoisotopic (exact) mass is 299 g/mol. The Hall–Kier alpha value is -2.48. The van der Waals surface area contributed by atoms with Crippen molar-refractivity contribution < 1.29 is 22.4 Å². The maximum atomic E-state index is 12.7. The van der Waals surface area contributed by atoms with E-state index in [0.717, 1.165) is 18.2 Å². The van der Waals surface area contributed by atoms with Gasteiger partial charge in [-0.15, -0.1) is 0 Å². The Balaban J connectivity index is 2.21. The predicted molar refractivity (Wildman–Crippen MR) is 69.1 cm³/mol. The molecule has 4 N–H and O–H groups in total. The van der Waals surface area contributed by atoms with Gasteiger partial charge >= 0.3 is 6.18 Å². The Labute approximate surface area is 117 Å². The Kier molecular flexibility index (Phi) is 4.18. The summed E-state index contributed by atoms with van der Waals surface area (Å²) in [5, 5.41) is 2.49. The van der Waals surface area contributed by atoms with E-state index < -0.39 is 17.6 Å². The number of benzene rings is 1. The van der Waals surface area contributed by atoms with Gasteiger partial charge < -0.3 is 15.2 Å². The number of carbonyl (C=O) groups excluding carboxylic acids is 1. The molecule has 0 fully saturated rings. The Morgan fingerprint density at radius 3 is 2.62 bits per heavy atom. The highest BCUT2D eigenvalue weighted by Crippen LogP contribution is 2.31. The van der Waals surface area contributed by atoms with Crippen LogP contribution in [-0.2, 0) is 12.7 Å². The van der Waals surface area contributed by atoms with Gasteiger partial charge in [0.2, 0.25) is 0 Å². The van der Waals surface area contributed by atoms with Crippen LogP contribution in [0.5, 0.6) is 0 Å². The maximum Gasteiger partial charge on any atom is 0.416 e. The molecule has 2 aromatic rings. The van der Waals surface area contributed by atoms with Gasteiger partial charge in [-0.1, -0.05) is 0 Å². The smallest absolute Gasteiger partial charge is 0.416 e. The number of nitrogens with two attached hydrogens (primary N) is 1. The third-order valence-electron chi connectivity index (χ3n) is 2.78. The van der Waals surface area contributed by atoms with Crippen molar-refractivity contribution in [2.45, 2.75) is 12.7 Å². The summed E-state index contributed by atoms with van der Waals surface area (Å²) in [5.41, 5.74) is 1.89. The highest BCUT2D eigenvalue weighted by Gasteiger charge is 2.31. The van der Waals surface area contributed by atoms with Crippen LogP contribution in [0.3, 0.4) is 0 Å². The number of rotatable bonds is 4. The molecule has 1 amide bonds. The summed E-state index contributed by atoms with van der Waals surface area (Å²) < 4.78 is 42.9. The van der Waals surface area contributed by atoms with Crippen LogP contribution in [0, 0.1) is 0 Å². The van der Waals surface area contributed by atoms with Crippen molar-refractivity contribution in [3.05, 3.63) is 53.5 Å². The molecule has 0 aliphatic rings. The number of nitrogens with one attached hydrogen (secondary N) is 2. The second kappa shape index (κ2) is 5.88. The van der Waals surface area contributed by atoms with Crippen molar-refractivity contribution in [1.29, 1.82) is 0 Å². The summed E-state index contributed by atoms with van der Waals surface area (Å²) in [4.78, 5) is 12.0. The van der Waals surface area contributed by atoms with Crippen LogP contribution in [0.1, 0.15) is 21.5 Å². The Morgan fingerprint density at radius 1 is 1.29 bits per heavy atom. The van der Waals surface area contributed by atoms with Crippen molar-refractivity contribution in [3.63, 3.8) is 0 Å². The molecule has 0 spiro atoms. The molecule has 1 aromatic carbocycles. The lowest BCUT2D eigenvalue weighted by Gasteiger charge is -2.13. The minimum Gasteiger partial charge on any atom is -0.472 e. The van der Waals surface area contributed by atoms with E-state index in [9.17, 15) is 18.0 Å². The zero-order valence-corrected chi connectivity index (χ0v) is 10.7. The fraction of sp³-hybridized carbons (Fsp3) is 0.154. The molecule has 0 atom stereocenters. The Morgan fingerprint density at radius 2 is 2.05 bits per heavy atom. The number of hydrazine groups is 1. The number of hydrogen-bond donors (Lipinski definition) is 3. The molecule has 1 heterocycles.